The highest BCUT2D eigenvalue weighted by atomic mass is 15.3. The molecule has 0 bridgehead atoms. The average molecular weight is 236 g/mol. The summed E-state index contributed by atoms with van der Waals surface area (Å²) in [4.78, 5) is 0. The Hall–Kier alpha value is -0.560. The first kappa shape index (κ1) is 14.5. The topological polar surface area (TPSA) is 0 Å². The molecular formula is C16H30N+. The van der Waals surface area contributed by atoms with Gasteiger partial charge in [-0.3, -0.25) is 0 Å². The van der Waals surface area contributed by atoms with Crippen molar-refractivity contribution < 1.29 is 4.48 Å². The lowest BCUT2D eigenvalue weighted by molar-refractivity contribution is -0.892. The van der Waals surface area contributed by atoms with Gasteiger partial charge in [0.2, 0.25) is 0 Å². The molecule has 0 amide bonds. The lowest BCUT2D eigenvalue weighted by Gasteiger charge is -2.31. The first-order valence-corrected chi connectivity index (χ1v) is 7.31. The van der Waals surface area contributed by atoms with E-state index >= 15 is 0 Å². The normalized spacial score (nSPS) is 15.9. The molecule has 0 spiro atoms. The quantitative estimate of drug-likeness (QED) is 0.416. The zero-order valence-corrected chi connectivity index (χ0v) is 12.0. The van der Waals surface area contributed by atoms with Crippen molar-refractivity contribution >= 4 is 0 Å². The maximum absolute atomic E-state index is 2.37. The summed E-state index contributed by atoms with van der Waals surface area (Å²) < 4.78 is 1.16. The summed E-state index contributed by atoms with van der Waals surface area (Å²) >= 11 is 0. The molecule has 17 heavy (non-hydrogen) atoms. The summed E-state index contributed by atoms with van der Waals surface area (Å²) in [6.45, 7) is 4.86. The molecule has 1 nitrogen and oxygen atoms in total. The van der Waals surface area contributed by atoms with Gasteiger partial charge in [-0.05, 0) is 12.8 Å². The molecule has 98 valence electrons. The number of hydrogen-bond acceptors (Lipinski definition) is 0. The van der Waals surface area contributed by atoms with Crippen LogP contribution in [0.5, 0.6) is 0 Å². The molecule has 0 saturated heterocycles. The summed E-state index contributed by atoms with van der Waals surface area (Å²) in [6.07, 6.45) is 17.4. The molecule has 1 rings (SSSR count). The van der Waals surface area contributed by atoms with Crippen molar-refractivity contribution in [3.8, 4) is 0 Å². The maximum atomic E-state index is 2.37. The molecule has 0 unspecified atom stereocenters. The van der Waals surface area contributed by atoms with Gasteiger partial charge in [0.25, 0.3) is 0 Å². The third-order valence-electron chi connectivity index (χ3n) is 3.65. The van der Waals surface area contributed by atoms with Crippen LogP contribution < -0.4 is 0 Å². The Balaban J connectivity index is 2.07. The van der Waals surface area contributed by atoms with Gasteiger partial charge in [0, 0.05) is 5.92 Å². The predicted molar refractivity (Wildman–Crippen MR) is 77.0 cm³/mol. The summed E-state index contributed by atoms with van der Waals surface area (Å²) in [6, 6.07) is 0. The van der Waals surface area contributed by atoms with E-state index < -0.39 is 0 Å². The van der Waals surface area contributed by atoms with Gasteiger partial charge in [-0.15, -0.1) is 0 Å². The van der Waals surface area contributed by atoms with Crippen molar-refractivity contribution in [3.63, 3.8) is 0 Å². The van der Waals surface area contributed by atoms with E-state index in [2.05, 4.69) is 45.3 Å². The molecule has 0 radical (unpaired) electrons. The zero-order chi connectivity index (χ0) is 12.6. The van der Waals surface area contributed by atoms with Crippen LogP contribution in [-0.2, 0) is 0 Å². The van der Waals surface area contributed by atoms with Crippen LogP contribution in [0.1, 0.15) is 45.4 Å². The summed E-state index contributed by atoms with van der Waals surface area (Å²) in [7, 11) is 4.73. The summed E-state index contributed by atoms with van der Waals surface area (Å²) in [5.41, 5.74) is 0. The van der Waals surface area contributed by atoms with Crippen LogP contribution in [0.2, 0.25) is 0 Å². The molecular weight excluding hydrogens is 206 g/mol. The summed E-state index contributed by atoms with van der Waals surface area (Å²) in [5.74, 6) is 0.671. The molecule has 0 aromatic rings. The third kappa shape index (κ3) is 6.68. The smallest absolute Gasteiger partial charge is 0.0881 e. The number of allylic oxidation sites excluding steroid dienone is 2. The van der Waals surface area contributed by atoms with Crippen molar-refractivity contribution in [1.82, 2.24) is 0 Å². The van der Waals surface area contributed by atoms with Crippen LogP contribution in [0.3, 0.4) is 0 Å². The molecule has 1 aliphatic carbocycles. The van der Waals surface area contributed by atoms with E-state index in [-0.39, 0.29) is 0 Å². The van der Waals surface area contributed by atoms with Crippen molar-refractivity contribution in [3.05, 3.63) is 24.3 Å². The number of rotatable bonds is 9. The standard InChI is InChI=1S/C16H30N/c1-4-5-6-7-8-11-14-17(2,3)15-16-12-9-10-13-16/h9-10,12-13,16H,4-8,11,14-15H2,1-3H3/q+1. The van der Waals surface area contributed by atoms with Crippen LogP contribution in [0, 0.1) is 5.92 Å². The summed E-state index contributed by atoms with van der Waals surface area (Å²) in [5, 5.41) is 0. The Kier molecular flexibility index (Phi) is 6.57. The molecule has 0 saturated carbocycles. The Morgan fingerprint density at radius 3 is 2.12 bits per heavy atom. The van der Waals surface area contributed by atoms with E-state index in [0.717, 1.165) is 4.48 Å². The minimum Gasteiger partial charge on any atom is -0.328 e. The molecule has 0 fully saturated rings. The fraction of sp³-hybridized carbons (Fsp3) is 0.750. The van der Waals surface area contributed by atoms with Gasteiger partial charge < -0.3 is 4.48 Å². The van der Waals surface area contributed by atoms with Gasteiger partial charge in [0.15, 0.2) is 0 Å². The molecule has 1 aliphatic rings. The van der Waals surface area contributed by atoms with E-state index in [4.69, 9.17) is 0 Å². The maximum Gasteiger partial charge on any atom is 0.0881 e. The molecule has 0 aromatic carbocycles. The van der Waals surface area contributed by atoms with E-state index in [1.54, 1.807) is 0 Å². The number of nitrogens with zero attached hydrogens (tertiary/aromatic N) is 1. The Morgan fingerprint density at radius 2 is 1.47 bits per heavy atom. The number of hydrogen-bond donors (Lipinski definition) is 0. The van der Waals surface area contributed by atoms with Gasteiger partial charge in [-0.2, -0.15) is 0 Å². The second-order valence-corrected chi connectivity index (χ2v) is 6.04. The van der Waals surface area contributed by atoms with Crippen LogP contribution in [0.4, 0.5) is 0 Å². The van der Waals surface area contributed by atoms with E-state index in [0.29, 0.717) is 5.92 Å². The second-order valence-electron chi connectivity index (χ2n) is 6.04. The van der Waals surface area contributed by atoms with Gasteiger partial charge >= 0.3 is 0 Å². The van der Waals surface area contributed by atoms with Gasteiger partial charge in [0.1, 0.15) is 0 Å². The van der Waals surface area contributed by atoms with E-state index in [1.165, 1.54) is 51.6 Å². The van der Waals surface area contributed by atoms with Gasteiger partial charge in [-0.1, -0.05) is 56.9 Å². The largest absolute Gasteiger partial charge is 0.328 e. The average Bonchev–Trinajstić information content (AvgIpc) is 2.75. The molecule has 0 heterocycles. The Morgan fingerprint density at radius 1 is 0.882 bits per heavy atom. The van der Waals surface area contributed by atoms with Crippen molar-refractivity contribution in [2.75, 3.05) is 27.2 Å². The van der Waals surface area contributed by atoms with Gasteiger partial charge in [-0.25, -0.2) is 0 Å². The number of unbranched alkanes of at least 4 members (excludes halogenated alkanes) is 5. The Labute approximate surface area is 108 Å². The lowest BCUT2D eigenvalue weighted by atomic mass is 10.1. The molecule has 0 atom stereocenters. The lowest BCUT2D eigenvalue weighted by Crippen LogP contribution is -2.43. The van der Waals surface area contributed by atoms with E-state index in [1.807, 2.05) is 0 Å². The first-order chi connectivity index (χ1) is 8.14. The van der Waals surface area contributed by atoms with E-state index in [9.17, 15) is 0 Å². The van der Waals surface area contributed by atoms with Crippen LogP contribution in [0.15, 0.2) is 24.3 Å². The highest BCUT2D eigenvalue weighted by Crippen LogP contribution is 2.15. The Bertz CT molecular complexity index is 238. The van der Waals surface area contributed by atoms with Crippen LogP contribution in [-0.4, -0.2) is 31.7 Å². The first-order valence-electron chi connectivity index (χ1n) is 7.31. The predicted octanol–water partition coefficient (Wildman–Crippen LogP) is 4.17. The second kappa shape index (κ2) is 7.71. The minimum atomic E-state index is 0.671. The highest BCUT2D eigenvalue weighted by Gasteiger charge is 2.19. The fourth-order valence-electron chi connectivity index (χ4n) is 2.58. The van der Waals surface area contributed by atoms with Gasteiger partial charge in [0.05, 0.1) is 27.2 Å². The highest BCUT2D eigenvalue weighted by molar-refractivity contribution is 5.17. The molecule has 1 heteroatoms. The van der Waals surface area contributed by atoms with Crippen molar-refractivity contribution in [2.45, 2.75) is 45.4 Å². The zero-order valence-electron chi connectivity index (χ0n) is 12.0. The SMILES string of the molecule is CCCCCCCC[N+](C)(C)CC1C=CC=C1. The van der Waals surface area contributed by atoms with Crippen LogP contribution in [0.25, 0.3) is 0 Å². The van der Waals surface area contributed by atoms with Crippen LogP contribution >= 0.6 is 0 Å². The van der Waals surface area contributed by atoms with Crippen molar-refractivity contribution in [2.24, 2.45) is 5.92 Å². The molecule has 0 N–H and O–H groups in total. The minimum absolute atomic E-state index is 0.671. The third-order valence-corrected chi connectivity index (χ3v) is 3.65. The van der Waals surface area contributed by atoms with Crippen molar-refractivity contribution in [1.29, 1.82) is 0 Å². The fourth-order valence-corrected chi connectivity index (χ4v) is 2.58. The molecule has 0 aliphatic heterocycles. The number of quaternary nitrogens is 1. The monoisotopic (exact) mass is 236 g/mol. The molecule has 0 aromatic heterocycles.